The van der Waals surface area contributed by atoms with Crippen LogP contribution in [0.2, 0.25) is 0 Å². The summed E-state index contributed by atoms with van der Waals surface area (Å²) in [6.45, 7) is 0. The molecule has 0 aromatic heterocycles. The molecule has 278 valence electrons. The van der Waals surface area contributed by atoms with Gasteiger partial charge in [0, 0.05) is 0 Å². The molecule has 12 aromatic carbocycles. The van der Waals surface area contributed by atoms with Crippen LogP contribution < -0.4 is 0 Å². The summed E-state index contributed by atoms with van der Waals surface area (Å²) in [5.41, 5.74) is 12.4. The fraction of sp³-hybridized carbons (Fsp3) is 0. The van der Waals surface area contributed by atoms with E-state index in [2.05, 4.69) is 231 Å². The third kappa shape index (κ3) is 5.76. The summed E-state index contributed by atoms with van der Waals surface area (Å²) < 4.78 is 0. The Labute approximate surface area is 349 Å². The van der Waals surface area contributed by atoms with E-state index in [4.69, 9.17) is 0 Å². The van der Waals surface area contributed by atoms with Crippen LogP contribution in [0.1, 0.15) is 0 Å². The molecule has 12 aromatic rings. The molecular formula is C60H38. The van der Waals surface area contributed by atoms with Gasteiger partial charge < -0.3 is 0 Å². The van der Waals surface area contributed by atoms with Crippen LogP contribution in [0, 0.1) is 0 Å². The lowest BCUT2D eigenvalue weighted by Gasteiger charge is -2.13. The first kappa shape index (κ1) is 34.3. The van der Waals surface area contributed by atoms with Crippen molar-refractivity contribution in [3.05, 3.63) is 231 Å². The maximum absolute atomic E-state index is 2.34. The molecule has 0 spiro atoms. The average molecular weight is 759 g/mol. The molecule has 0 amide bonds. The fourth-order valence-corrected chi connectivity index (χ4v) is 9.59. The van der Waals surface area contributed by atoms with Crippen molar-refractivity contribution >= 4 is 64.6 Å². The van der Waals surface area contributed by atoms with E-state index in [0.29, 0.717) is 0 Å². The monoisotopic (exact) mass is 758 g/mol. The molecule has 0 unspecified atom stereocenters. The van der Waals surface area contributed by atoms with Crippen molar-refractivity contribution in [1.29, 1.82) is 0 Å². The number of rotatable bonds is 5. The molecular weight excluding hydrogens is 721 g/mol. The lowest BCUT2D eigenvalue weighted by Crippen LogP contribution is -1.87. The first-order valence-electron chi connectivity index (χ1n) is 20.8. The second-order valence-corrected chi connectivity index (χ2v) is 16.1. The lowest BCUT2D eigenvalue weighted by molar-refractivity contribution is 1.59. The minimum Gasteiger partial charge on any atom is -0.0622 e. The number of benzene rings is 12. The molecule has 0 bridgehead atoms. The summed E-state index contributed by atoms with van der Waals surface area (Å²) in [6, 6.07) is 85.0. The van der Waals surface area contributed by atoms with Gasteiger partial charge in [-0.25, -0.2) is 0 Å². The summed E-state index contributed by atoms with van der Waals surface area (Å²) in [7, 11) is 0. The minimum absolute atomic E-state index is 1.22. The molecule has 0 fully saturated rings. The molecule has 0 radical (unpaired) electrons. The largest absolute Gasteiger partial charge is 0.0622 e. The quantitative estimate of drug-likeness (QED) is 0.153. The van der Waals surface area contributed by atoms with E-state index >= 15 is 0 Å². The van der Waals surface area contributed by atoms with Gasteiger partial charge in [-0.05, 0) is 151 Å². The highest BCUT2D eigenvalue weighted by Crippen LogP contribution is 2.39. The Bertz CT molecular complexity index is 3630. The summed E-state index contributed by atoms with van der Waals surface area (Å²) in [5, 5.41) is 15.3. The molecule has 60 heavy (non-hydrogen) atoms. The third-order valence-electron chi connectivity index (χ3n) is 12.6. The van der Waals surface area contributed by atoms with E-state index in [1.165, 1.54) is 120 Å². The smallest absolute Gasteiger partial charge is 0.00990 e. The van der Waals surface area contributed by atoms with Gasteiger partial charge in [-0.3, -0.25) is 0 Å². The Morgan fingerprint density at radius 2 is 0.500 bits per heavy atom. The van der Waals surface area contributed by atoms with Crippen LogP contribution in [0.25, 0.3) is 120 Å². The van der Waals surface area contributed by atoms with Gasteiger partial charge in [0.05, 0.1) is 0 Å². The molecule has 0 heteroatoms. The first-order valence-corrected chi connectivity index (χ1v) is 20.8. The van der Waals surface area contributed by atoms with E-state index in [0.717, 1.165) is 0 Å². The molecule has 12 rings (SSSR count). The minimum atomic E-state index is 1.22. The zero-order valence-electron chi connectivity index (χ0n) is 32.9. The van der Waals surface area contributed by atoms with Crippen LogP contribution in [0.4, 0.5) is 0 Å². The molecule has 0 aliphatic heterocycles. The van der Waals surface area contributed by atoms with E-state index in [9.17, 15) is 0 Å². The van der Waals surface area contributed by atoms with Crippen molar-refractivity contribution in [2.75, 3.05) is 0 Å². The SMILES string of the molecule is c1ccc(-c2ccccc2-c2ccc3c(ccc4cc(-c5ccc6c(ccc7cc(-c8ccc(-c9cc%10ccccc%10c%10ccccc9%10)cc8)ccc76)c5)ccc43)c2)cc1. The van der Waals surface area contributed by atoms with Crippen molar-refractivity contribution < 1.29 is 0 Å². The van der Waals surface area contributed by atoms with Crippen LogP contribution in [0.5, 0.6) is 0 Å². The number of hydrogen-bond donors (Lipinski definition) is 0. The van der Waals surface area contributed by atoms with E-state index in [-0.39, 0.29) is 0 Å². The Balaban J connectivity index is 0.839. The zero-order chi connectivity index (χ0) is 39.6. The second kappa shape index (κ2) is 13.9. The average Bonchev–Trinajstić information content (AvgIpc) is 3.33. The van der Waals surface area contributed by atoms with Crippen molar-refractivity contribution in [3.63, 3.8) is 0 Å². The molecule has 0 saturated carbocycles. The van der Waals surface area contributed by atoms with Gasteiger partial charge in [-0.15, -0.1) is 0 Å². The van der Waals surface area contributed by atoms with Crippen molar-refractivity contribution in [3.8, 4) is 55.6 Å². The van der Waals surface area contributed by atoms with E-state index in [1.807, 2.05) is 0 Å². The van der Waals surface area contributed by atoms with Gasteiger partial charge in [0.1, 0.15) is 0 Å². The highest BCUT2D eigenvalue weighted by molar-refractivity contribution is 6.14. The van der Waals surface area contributed by atoms with E-state index in [1.54, 1.807) is 0 Å². The molecule has 0 saturated heterocycles. The van der Waals surface area contributed by atoms with Crippen LogP contribution in [0.3, 0.4) is 0 Å². The van der Waals surface area contributed by atoms with Crippen molar-refractivity contribution in [2.45, 2.75) is 0 Å². The summed E-state index contributed by atoms with van der Waals surface area (Å²) in [5.74, 6) is 0. The van der Waals surface area contributed by atoms with Gasteiger partial charge in [0.15, 0.2) is 0 Å². The molecule has 0 atom stereocenters. The third-order valence-corrected chi connectivity index (χ3v) is 12.6. The molecule has 0 aliphatic rings. The molecule has 0 nitrogen and oxygen atoms in total. The lowest BCUT2D eigenvalue weighted by atomic mass is 9.91. The van der Waals surface area contributed by atoms with Crippen molar-refractivity contribution in [2.24, 2.45) is 0 Å². The number of hydrogen-bond acceptors (Lipinski definition) is 0. The Morgan fingerprint density at radius 1 is 0.150 bits per heavy atom. The maximum atomic E-state index is 2.34. The van der Waals surface area contributed by atoms with Crippen LogP contribution >= 0.6 is 0 Å². The summed E-state index contributed by atoms with van der Waals surface area (Å²) in [4.78, 5) is 0. The van der Waals surface area contributed by atoms with Gasteiger partial charge in [0.25, 0.3) is 0 Å². The van der Waals surface area contributed by atoms with E-state index < -0.39 is 0 Å². The van der Waals surface area contributed by atoms with Crippen LogP contribution in [-0.4, -0.2) is 0 Å². The Morgan fingerprint density at radius 3 is 1.08 bits per heavy atom. The fourth-order valence-electron chi connectivity index (χ4n) is 9.59. The van der Waals surface area contributed by atoms with Crippen molar-refractivity contribution in [1.82, 2.24) is 0 Å². The first-order chi connectivity index (χ1) is 29.7. The summed E-state index contributed by atoms with van der Waals surface area (Å²) in [6.07, 6.45) is 0. The Kier molecular flexibility index (Phi) is 7.96. The van der Waals surface area contributed by atoms with Gasteiger partial charge in [-0.2, -0.15) is 0 Å². The molecule has 0 heterocycles. The van der Waals surface area contributed by atoms with Gasteiger partial charge in [-0.1, -0.05) is 200 Å². The highest BCUT2D eigenvalue weighted by atomic mass is 14.2. The predicted molar refractivity (Wildman–Crippen MR) is 259 cm³/mol. The predicted octanol–water partition coefficient (Wildman–Crippen LogP) is 16.9. The van der Waals surface area contributed by atoms with Crippen LogP contribution in [0.15, 0.2) is 231 Å². The van der Waals surface area contributed by atoms with Crippen LogP contribution in [-0.2, 0) is 0 Å². The highest BCUT2D eigenvalue weighted by Gasteiger charge is 2.12. The maximum Gasteiger partial charge on any atom is -0.00990 e. The van der Waals surface area contributed by atoms with Gasteiger partial charge in [0.2, 0.25) is 0 Å². The molecule has 0 N–H and O–H groups in total. The normalized spacial score (nSPS) is 11.7. The zero-order valence-corrected chi connectivity index (χ0v) is 32.9. The Hall–Kier alpha value is -7.80. The molecule has 0 aliphatic carbocycles. The van der Waals surface area contributed by atoms with Gasteiger partial charge >= 0.3 is 0 Å². The second-order valence-electron chi connectivity index (χ2n) is 16.1. The topological polar surface area (TPSA) is 0 Å². The summed E-state index contributed by atoms with van der Waals surface area (Å²) >= 11 is 0. The number of fused-ring (bicyclic) bond motifs is 9. The standard InChI is InChI=1S/C60H38/c1-2-10-40(11-3-1)51-13-6-7-14-52(51)50-29-33-57-49(37-50)25-24-48-36-44(28-32-56(48)57)43-27-31-55-47(35-43)23-22-46-34-42(26-30-54(46)55)39-18-20-41(21-19-39)60-38-45-12-4-5-15-53(45)58-16-8-9-17-59(58)60/h1-38H.